The Bertz CT molecular complexity index is 777. The van der Waals surface area contributed by atoms with Crippen LogP contribution in [0, 0.1) is 11.3 Å². The van der Waals surface area contributed by atoms with E-state index in [1.54, 1.807) is 12.1 Å². The number of hydrogen-bond acceptors (Lipinski definition) is 6. The van der Waals surface area contributed by atoms with Gasteiger partial charge >= 0.3 is 0 Å². The second-order valence-electron chi connectivity index (χ2n) is 4.20. The van der Waals surface area contributed by atoms with Crippen molar-refractivity contribution in [1.29, 1.82) is 5.26 Å². The fourth-order valence-electron chi connectivity index (χ4n) is 1.59. The predicted molar refractivity (Wildman–Crippen MR) is 76.2 cm³/mol. The van der Waals surface area contributed by atoms with Gasteiger partial charge in [0.25, 0.3) is 0 Å². The third kappa shape index (κ3) is 3.05. The van der Waals surface area contributed by atoms with E-state index in [1.165, 1.54) is 24.4 Å². The minimum atomic E-state index is -3.22. The van der Waals surface area contributed by atoms with E-state index in [1.807, 2.05) is 6.07 Å². The van der Waals surface area contributed by atoms with Gasteiger partial charge in [-0.25, -0.2) is 13.4 Å². The zero-order valence-electron chi connectivity index (χ0n) is 10.7. The zero-order valence-corrected chi connectivity index (χ0v) is 11.5. The van der Waals surface area contributed by atoms with Gasteiger partial charge in [-0.2, -0.15) is 5.26 Å². The number of pyridine rings is 1. The lowest BCUT2D eigenvalue weighted by Gasteiger charge is -2.08. The number of sulfone groups is 1. The summed E-state index contributed by atoms with van der Waals surface area (Å²) < 4.78 is 22.7. The number of hydrogen-bond donors (Lipinski definition) is 2. The molecule has 7 heteroatoms. The van der Waals surface area contributed by atoms with E-state index < -0.39 is 9.84 Å². The Kier molecular flexibility index (Phi) is 3.59. The van der Waals surface area contributed by atoms with Gasteiger partial charge in [0, 0.05) is 11.9 Å². The molecule has 0 aliphatic carbocycles. The van der Waals surface area contributed by atoms with Crippen LogP contribution in [0.15, 0.2) is 41.4 Å². The molecule has 1 aromatic heterocycles. The number of nitrogens with two attached hydrogens (primary N) is 1. The Labute approximate surface area is 116 Å². The van der Waals surface area contributed by atoms with E-state index in [0.29, 0.717) is 22.8 Å². The molecule has 0 fully saturated rings. The van der Waals surface area contributed by atoms with Crippen molar-refractivity contribution >= 4 is 27.0 Å². The first kappa shape index (κ1) is 13.8. The molecule has 0 aliphatic heterocycles. The maximum absolute atomic E-state index is 11.4. The van der Waals surface area contributed by atoms with Gasteiger partial charge in [-0.1, -0.05) is 0 Å². The highest BCUT2D eigenvalue weighted by Crippen LogP contribution is 2.21. The van der Waals surface area contributed by atoms with Crippen LogP contribution in [0.4, 0.5) is 17.2 Å². The van der Waals surface area contributed by atoms with Crippen molar-refractivity contribution in [3.05, 3.63) is 42.1 Å². The monoisotopic (exact) mass is 288 g/mol. The van der Waals surface area contributed by atoms with Crippen molar-refractivity contribution in [2.45, 2.75) is 4.90 Å². The molecule has 0 amide bonds. The number of aromatic nitrogens is 1. The summed E-state index contributed by atoms with van der Waals surface area (Å²) >= 11 is 0. The Hall–Kier alpha value is -2.59. The van der Waals surface area contributed by atoms with E-state index in [-0.39, 0.29) is 4.90 Å². The smallest absolute Gasteiger partial charge is 0.175 e. The largest absolute Gasteiger partial charge is 0.397 e. The van der Waals surface area contributed by atoms with E-state index in [9.17, 15) is 8.42 Å². The fourth-order valence-corrected chi connectivity index (χ4v) is 2.22. The highest BCUT2D eigenvalue weighted by molar-refractivity contribution is 7.90. The van der Waals surface area contributed by atoms with Crippen molar-refractivity contribution in [2.75, 3.05) is 17.3 Å². The number of anilines is 3. The number of rotatable bonds is 3. The van der Waals surface area contributed by atoms with Crippen molar-refractivity contribution in [2.24, 2.45) is 0 Å². The third-order valence-electron chi connectivity index (χ3n) is 2.57. The minimum absolute atomic E-state index is 0.230. The van der Waals surface area contributed by atoms with Gasteiger partial charge in [0.15, 0.2) is 9.84 Å². The molecule has 0 radical (unpaired) electrons. The molecule has 0 atom stereocenters. The van der Waals surface area contributed by atoms with E-state index in [0.717, 1.165) is 6.26 Å². The van der Waals surface area contributed by atoms with Crippen molar-refractivity contribution < 1.29 is 8.42 Å². The summed E-state index contributed by atoms with van der Waals surface area (Å²) in [6.07, 6.45) is 2.58. The first-order valence-corrected chi connectivity index (χ1v) is 7.52. The zero-order chi connectivity index (χ0) is 14.8. The van der Waals surface area contributed by atoms with E-state index >= 15 is 0 Å². The summed E-state index contributed by atoms with van der Waals surface area (Å²) in [6.45, 7) is 0. The number of nitrogen functional groups attached to an aromatic ring is 1. The molecule has 0 saturated carbocycles. The van der Waals surface area contributed by atoms with Crippen LogP contribution in [0.5, 0.6) is 0 Å². The quantitative estimate of drug-likeness (QED) is 0.889. The highest BCUT2D eigenvalue weighted by Gasteiger charge is 2.08. The molecule has 2 aromatic rings. The molecule has 3 N–H and O–H groups in total. The van der Waals surface area contributed by atoms with Crippen LogP contribution in [0.1, 0.15) is 5.56 Å². The van der Waals surface area contributed by atoms with Crippen LogP contribution in [0.3, 0.4) is 0 Å². The molecule has 0 spiro atoms. The van der Waals surface area contributed by atoms with Crippen LogP contribution in [0.25, 0.3) is 0 Å². The predicted octanol–water partition coefficient (Wildman–Crippen LogP) is 1.68. The van der Waals surface area contributed by atoms with Gasteiger partial charge < -0.3 is 11.1 Å². The average Bonchev–Trinajstić information content (AvgIpc) is 2.40. The van der Waals surface area contributed by atoms with Gasteiger partial charge in [-0.3, -0.25) is 0 Å². The normalized spacial score (nSPS) is 10.8. The van der Waals surface area contributed by atoms with Crippen molar-refractivity contribution in [3.63, 3.8) is 0 Å². The molecule has 0 bridgehead atoms. The number of nitriles is 1. The minimum Gasteiger partial charge on any atom is -0.397 e. The lowest BCUT2D eigenvalue weighted by molar-refractivity contribution is 0.602. The first-order chi connectivity index (χ1) is 9.40. The molecule has 6 nitrogen and oxygen atoms in total. The van der Waals surface area contributed by atoms with E-state index in [2.05, 4.69) is 10.3 Å². The number of benzene rings is 1. The van der Waals surface area contributed by atoms with Crippen molar-refractivity contribution in [3.8, 4) is 6.07 Å². The maximum Gasteiger partial charge on any atom is 0.175 e. The lowest BCUT2D eigenvalue weighted by Crippen LogP contribution is -2.00. The Morgan fingerprint density at radius 1 is 1.30 bits per heavy atom. The standard InChI is InChI=1S/C13H12N4O2S/c1-20(18,19)12-4-2-11(3-5-12)17-13-9(7-14)6-10(15)8-16-13/h2-6,8H,15H2,1H3,(H,16,17). The summed E-state index contributed by atoms with van der Waals surface area (Å²) in [5.41, 5.74) is 6.91. The third-order valence-corrected chi connectivity index (χ3v) is 3.70. The summed E-state index contributed by atoms with van der Waals surface area (Å²) in [7, 11) is -3.22. The summed E-state index contributed by atoms with van der Waals surface area (Å²) in [4.78, 5) is 4.27. The second kappa shape index (κ2) is 5.19. The summed E-state index contributed by atoms with van der Waals surface area (Å²) in [5.74, 6) is 0.369. The molecule has 1 aromatic carbocycles. The Morgan fingerprint density at radius 2 is 1.95 bits per heavy atom. The Morgan fingerprint density at radius 3 is 2.50 bits per heavy atom. The molecule has 2 rings (SSSR count). The number of nitrogens with zero attached hydrogens (tertiary/aromatic N) is 2. The molecule has 1 heterocycles. The molecule has 0 aliphatic rings. The van der Waals surface area contributed by atoms with Gasteiger partial charge in [0.2, 0.25) is 0 Å². The molecular formula is C13H12N4O2S. The van der Waals surface area contributed by atoms with Crippen LogP contribution >= 0.6 is 0 Å². The SMILES string of the molecule is CS(=O)(=O)c1ccc(Nc2ncc(N)cc2C#N)cc1. The topological polar surface area (TPSA) is 109 Å². The molecule has 102 valence electrons. The van der Waals surface area contributed by atoms with Gasteiger partial charge in [-0.15, -0.1) is 0 Å². The molecule has 20 heavy (non-hydrogen) atoms. The fraction of sp³-hybridized carbons (Fsp3) is 0.0769. The van der Waals surface area contributed by atoms with Crippen LogP contribution in [-0.4, -0.2) is 19.7 Å². The highest BCUT2D eigenvalue weighted by atomic mass is 32.2. The molecule has 0 saturated heterocycles. The lowest BCUT2D eigenvalue weighted by atomic mass is 10.2. The van der Waals surface area contributed by atoms with Crippen molar-refractivity contribution in [1.82, 2.24) is 4.98 Å². The van der Waals surface area contributed by atoms with Crippen LogP contribution in [0.2, 0.25) is 0 Å². The first-order valence-electron chi connectivity index (χ1n) is 5.63. The second-order valence-corrected chi connectivity index (χ2v) is 6.21. The van der Waals surface area contributed by atoms with Gasteiger partial charge in [-0.05, 0) is 30.3 Å². The van der Waals surface area contributed by atoms with E-state index in [4.69, 9.17) is 11.0 Å². The molecular weight excluding hydrogens is 276 g/mol. The van der Waals surface area contributed by atoms with Crippen LogP contribution in [-0.2, 0) is 9.84 Å². The summed E-state index contributed by atoms with van der Waals surface area (Å²) in [6, 6.07) is 9.69. The van der Waals surface area contributed by atoms with Gasteiger partial charge in [0.1, 0.15) is 11.9 Å². The number of nitrogens with one attached hydrogen (secondary N) is 1. The van der Waals surface area contributed by atoms with Gasteiger partial charge in [0.05, 0.1) is 22.3 Å². The molecule has 0 unspecified atom stereocenters. The van der Waals surface area contributed by atoms with Crippen LogP contribution < -0.4 is 11.1 Å². The maximum atomic E-state index is 11.4. The summed E-state index contributed by atoms with van der Waals surface area (Å²) in [5, 5.41) is 12.0. The average molecular weight is 288 g/mol. The Balaban J connectivity index is 2.30.